The van der Waals surface area contributed by atoms with Gasteiger partial charge in [0.05, 0.1) is 23.6 Å². The van der Waals surface area contributed by atoms with Crippen LogP contribution in [0.1, 0.15) is 20.7 Å². The van der Waals surface area contributed by atoms with Crippen LogP contribution >= 0.6 is 0 Å². The Bertz CT molecular complexity index is 1190. The number of para-hydroxylation sites is 1. The Morgan fingerprint density at radius 1 is 1.07 bits per heavy atom. The van der Waals surface area contributed by atoms with Crippen LogP contribution in [0.2, 0.25) is 0 Å². The van der Waals surface area contributed by atoms with Crippen molar-refractivity contribution in [3.8, 4) is 11.3 Å². The Kier molecular flexibility index (Phi) is 4.20. The van der Waals surface area contributed by atoms with Gasteiger partial charge in [-0.15, -0.1) is 0 Å². The first-order valence-corrected chi connectivity index (χ1v) is 12.1. The number of nitrogens with zero attached hydrogens (tertiary/aromatic N) is 2. The maximum atomic E-state index is 13.5. The van der Waals surface area contributed by atoms with Gasteiger partial charge < -0.3 is 14.6 Å². The highest BCUT2D eigenvalue weighted by molar-refractivity contribution is 7.89. The first-order chi connectivity index (χ1) is 14.6. The molecule has 3 fully saturated rings. The van der Waals surface area contributed by atoms with Crippen LogP contribution in [-0.4, -0.2) is 56.1 Å². The van der Waals surface area contributed by atoms with Crippen molar-refractivity contribution in [2.45, 2.75) is 36.3 Å². The van der Waals surface area contributed by atoms with Gasteiger partial charge in [0.1, 0.15) is 0 Å². The van der Waals surface area contributed by atoms with Gasteiger partial charge in [-0.1, -0.05) is 18.2 Å². The van der Waals surface area contributed by atoms with E-state index in [9.17, 15) is 8.42 Å². The fraction of sp³-hybridized carbons (Fsp3) is 0.391. The Labute approximate surface area is 178 Å². The number of hydrogen-bond donors (Lipinski definition) is 1. The van der Waals surface area contributed by atoms with E-state index in [0.29, 0.717) is 18.0 Å². The fourth-order valence-electron chi connectivity index (χ4n) is 5.14. The lowest BCUT2D eigenvalue weighted by atomic mass is 10.1. The molecule has 1 N–H and O–H groups in total. The van der Waals surface area contributed by atoms with Crippen LogP contribution in [0.3, 0.4) is 0 Å². The Balaban J connectivity index is 0.00000204. The summed E-state index contributed by atoms with van der Waals surface area (Å²) in [6.07, 6.45) is 3.19. The maximum absolute atomic E-state index is 13.5. The van der Waals surface area contributed by atoms with Crippen molar-refractivity contribution in [3.63, 3.8) is 0 Å². The lowest BCUT2D eigenvalue weighted by Crippen LogP contribution is -2.41. The molecule has 0 aliphatic carbocycles. The van der Waals surface area contributed by atoms with E-state index in [1.807, 2.05) is 24.3 Å². The third-order valence-corrected chi connectivity index (χ3v) is 8.61. The second-order valence-electron chi connectivity index (χ2n) is 8.56. The minimum Gasteiger partial charge on any atom is -0.375 e. The van der Waals surface area contributed by atoms with Gasteiger partial charge in [-0.3, -0.25) is 0 Å². The summed E-state index contributed by atoms with van der Waals surface area (Å²) in [6.45, 7) is 2.98. The number of rotatable bonds is 4. The number of aromatic amines is 1. The van der Waals surface area contributed by atoms with Crippen molar-refractivity contribution in [2.75, 3.05) is 31.1 Å². The zero-order valence-electron chi connectivity index (χ0n) is 16.8. The fourth-order valence-corrected chi connectivity index (χ4v) is 6.82. The molecule has 3 aliphatic heterocycles. The van der Waals surface area contributed by atoms with Crippen molar-refractivity contribution in [2.24, 2.45) is 0 Å². The highest BCUT2D eigenvalue weighted by atomic mass is 32.2. The molecule has 158 valence electrons. The van der Waals surface area contributed by atoms with E-state index in [-0.39, 0.29) is 13.6 Å². The lowest BCUT2D eigenvalue weighted by Gasteiger charge is -2.27. The summed E-state index contributed by atoms with van der Waals surface area (Å²) in [6, 6.07) is 15.9. The monoisotopic (exact) mass is 425 g/mol. The summed E-state index contributed by atoms with van der Waals surface area (Å²) in [5.74, 6) is 0. The average Bonchev–Trinajstić information content (AvgIpc) is 3.57. The molecular weight excluding hydrogens is 398 g/mol. The van der Waals surface area contributed by atoms with E-state index in [1.54, 1.807) is 10.4 Å². The Morgan fingerprint density at radius 3 is 2.63 bits per heavy atom. The molecule has 2 aromatic carbocycles. The molecule has 0 radical (unpaired) electrons. The zero-order chi connectivity index (χ0) is 20.3. The molecule has 3 saturated heterocycles. The van der Waals surface area contributed by atoms with Crippen molar-refractivity contribution >= 4 is 26.6 Å². The zero-order valence-corrected chi connectivity index (χ0v) is 17.6. The average molecular weight is 426 g/mol. The minimum absolute atomic E-state index is 0. The van der Waals surface area contributed by atoms with Crippen molar-refractivity contribution in [3.05, 3.63) is 48.5 Å². The second-order valence-corrected chi connectivity index (χ2v) is 10.5. The number of benzene rings is 2. The van der Waals surface area contributed by atoms with Gasteiger partial charge in [0.2, 0.25) is 10.0 Å². The molecule has 0 amide bonds. The van der Waals surface area contributed by atoms with Crippen LogP contribution in [0.25, 0.3) is 22.2 Å². The normalized spacial score (nSPS) is 24.3. The van der Waals surface area contributed by atoms with E-state index in [4.69, 9.17) is 4.74 Å². The number of fused-ring (bicyclic) bond motifs is 3. The summed E-state index contributed by atoms with van der Waals surface area (Å²) in [5.41, 5.74) is 4.07. The smallest absolute Gasteiger partial charge is 0.243 e. The topological polar surface area (TPSA) is 65.6 Å². The van der Waals surface area contributed by atoms with Crippen LogP contribution in [0, 0.1) is 0 Å². The first-order valence-electron chi connectivity index (χ1n) is 10.7. The van der Waals surface area contributed by atoms with Gasteiger partial charge in [0.15, 0.2) is 0 Å². The molecule has 0 saturated carbocycles. The standard InChI is InChI=1S/C23H25N3O3S.H2/c27-30(28,26-14-18-12-17(26)15-29-18)19-7-8-23(25-9-3-4-10-25)20(13-19)22-11-16-5-1-2-6-21(16)24-22;/h1-2,5-8,11,13,17-18,24H,3-4,9-10,12,14-15H2;1H. The van der Waals surface area contributed by atoms with Crippen LogP contribution < -0.4 is 4.90 Å². The molecule has 6 nitrogen and oxygen atoms in total. The summed E-state index contributed by atoms with van der Waals surface area (Å²) >= 11 is 0. The van der Waals surface area contributed by atoms with Gasteiger partial charge >= 0.3 is 0 Å². The molecule has 3 aromatic rings. The largest absolute Gasteiger partial charge is 0.375 e. The molecule has 1 aromatic heterocycles. The molecule has 4 heterocycles. The number of sulfonamides is 1. The first kappa shape index (κ1) is 18.4. The van der Waals surface area contributed by atoms with Gasteiger partial charge in [-0.2, -0.15) is 4.31 Å². The molecule has 2 atom stereocenters. The molecule has 7 heteroatoms. The number of H-pyrrole nitrogens is 1. The number of ether oxygens (including phenoxy) is 1. The number of anilines is 1. The van der Waals surface area contributed by atoms with Gasteiger partial charge in [-0.05, 0) is 49.6 Å². The predicted octanol–water partition coefficient (Wildman–Crippen LogP) is 3.84. The van der Waals surface area contributed by atoms with E-state index in [0.717, 1.165) is 47.4 Å². The van der Waals surface area contributed by atoms with E-state index in [2.05, 4.69) is 28.1 Å². The van der Waals surface area contributed by atoms with Crippen LogP contribution in [0.5, 0.6) is 0 Å². The summed E-state index contributed by atoms with van der Waals surface area (Å²) in [4.78, 5) is 6.23. The van der Waals surface area contributed by atoms with Gasteiger partial charge in [0.25, 0.3) is 0 Å². The molecule has 3 aliphatic rings. The van der Waals surface area contributed by atoms with Gasteiger partial charge in [-0.25, -0.2) is 8.42 Å². The SMILES string of the molecule is O=S(=O)(c1ccc(N2CCCC2)c(-c2cc3ccccc3[nH]2)c1)N1CC2CC1CO2.[HH]. The van der Waals surface area contributed by atoms with Crippen LogP contribution in [0.4, 0.5) is 5.69 Å². The van der Waals surface area contributed by atoms with Crippen LogP contribution in [-0.2, 0) is 14.8 Å². The quantitative estimate of drug-likeness (QED) is 0.690. The highest BCUT2D eigenvalue weighted by Gasteiger charge is 2.45. The Morgan fingerprint density at radius 2 is 1.90 bits per heavy atom. The van der Waals surface area contributed by atoms with Crippen molar-refractivity contribution < 1.29 is 14.6 Å². The molecule has 6 rings (SSSR count). The molecule has 2 unspecified atom stereocenters. The molecule has 30 heavy (non-hydrogen) atoms. The number of hydrogen-bond acceptors (Lipinski definition) is 4. The predicted molar refractivity (Wildman–Crippen MR) is 119 cm³/mol. The van der Waals surface area contributed by atoms with Crippen molar-refractivity contribution in [1.82, 2.24) is 9.29 Å². The second kappa shape index (κ2) is 6.83. The number of nitrogens with one attached hydrogen (secondary N) is 1. The van der Waals surface area contributed by atoms with E-state index >= 15 is 0 Å². The maximum Gasteiger partial charge on any atom is 0.243 e. The summed E-state index contributed by atoms with van der Waals surface area (Å²) in [7, 11) is -3.55. The third kappa shape index (κ3) is 2.87. The van der Waals surface area contributed by atoms with E-state index in [1.165, 1.54) is 12.8 Å². The molecule has 2 bridgehead atoms. The summed E-state index contributed by atoms with van der Waals surface area (Å²) in [5, 5.41) is 1.13. The highest BCUT2D eigenvalue weighted by Crippen LogP contribution is 2.38. The number of aromatic nitrogens is 1. The summed E-state index contributed by atoms with van der Waals surface area (Å²) < 4.78 is 34.2. The Hall–Kier alpha value is -2.35. The van der Waals surface area contributed by atoms with Crippen LogP contribution in [0.15, 0.2) is 53.4 Å². The van der Waals surface area contributed by atoms with Gasteiger partial charge in [0, 0.05) is 48.9 Å². The van der Waals surface area contributed by atoms with E-state index < -0.39 is 10.0 Å². The minimum atomic E-state index is -3.55. The third-order valence-electron chi connectivity index (χ3n) is 6.69. The molecule has 0 spiro atoms. The van der Waals surface area contributed by atoms with Crippen molar-refractivity contribution in [1.29, 1.82) is 0 Å². The molecular formula is C23H27N3O3S. The number of morpholine rings is 1. The lowest BCUT2D eigenvalue weighted by molar-refractivity contribution is 0.0608.